The van der Waals surface area contributed by atoms with Crippen LogP contribution in [0.3, 0.4) is 0 Å². The number of allylic oxidation sites excluding steroid dienone is 2. The molecule has 2 aromatic heterocycles. The smallest absolute Gasteiger partial charge is 0.392 e. The van der Waals surface area contributed by atoms with E-state index in [-0.39, 0.29) is 49.6 Å². The minimum Gasteiger partial charge on any atom is -0.481 e. The number of hydrogen-bond donors (Lipinski definition) is 2. The Hall–Kier alpha value is -4.06. The summed E-state index contributed by atoms with van der Waals surface area (Å²) in [5.74, 6) is -3.14. The summed E-state index contributed by atoms with van der Waals surface area (Å²) in [6, 6.07) is 10.0. The number of nitrogens with one attached hydrogen (secondary N) is 1. The maximum absolute atomic E-state index is 13.4. The number of aliphatic carboxylic acids is 1. The number of aromatic nitrogens is 2. The molecule has 2 aliphatic rings. The third-order valence-corrected chi connectivity index (χ3v) is 9.77. The van der Waals surface area contributed by atoms with Crippen molar-refractivity contribution in [2.24, 2.45) is 11.8 Å². The zero-order chi connectivity index (χ0) is 32.5. The second-order valence-electron chi connectivity index (χ2n) is 12.7. The number of carboxylic acids is 1. The number of nitrogens with zero attached hydrogens (tertiary/aromatic N) is 3. The first-order valence-electron chi connectivity index (χ1n) is 14.8. The minimum atomic E-state index is -4.19. The van der Waals surface area contributed by atoms with Gasteiger partial charge in [-0.1, -0.05) is 51.1 Å². The third kappa shape index (κ3) is 7.61. The first-order valence-corrected chi connectivity index (χ1v) is 15.6. The van der Waals surface area contributed by atoms with E-state index in [2.05, 4.69) is 36.1 Å². The van der Waals surface area contributed by atoms with Gasteiger partial charge in [-0.05, 0) is 47.9 Å². The van der Waals surface area contributed by atoms with Crippen LogP contribution in [0.15, 0.2) is 54.9 Å². The van der Waals surface area contributed by atoms with Gasteiger partial charge in [-0.2, -0.15) is 13.2 Å². The summed E-state index contributed by atoms with van der Waals surface area (Å²) < 4.78 is 39.0. The Balaban J connectivity index is 1.27. The van der Waals surface area contributed by atoms with Gasteiger partial charge in [0, 0.05) is 47.9 Å². The van der Waals surface area contributed by atoms with E-state index < -0.39 is 30.0 Å². The zero-order valence-corrected chi connectivity index (χ0v) is 26.0. The fourth-order valence-electron chi connectivity index (χ4n) is 5.39. The topological polar surface area (TPSA) is 112 Å². The molecule has 1 unspecified atom stereocenters. The molecule has 0 radical (unpaired) electrons. The van der Waals surface area contributed by atoms with Crippen LogP contribution >= 0.6 is 11.3 Å². The van der Waals surface area contributed by atoms with Crippen LogP contribution in [0.25, 0.3) is 17.0 Å². The highest BCUT2D eigenvalue weighted by Crippen LogP contribution is 2.39. The number of rotatable bonds is 8. The Labute approximate surface area is 263 Å². The molecule has 45 heavy (non-hydrogen) atoms. The van der Waals surface area contributed by atoms with Crippen LogP contribution in [0.1, 0.15) is 65.7 Å². The summed E-state index contributed by atoms with van der Waals surface area (Å²) in [5, 5.41) is 12.1. The number of carbonyl (C=O) groups is 3. The van der Waals surface area contributed by atoms with Crippen LogP contribution in [-0.4, -0.2) is 63.1 Å². The molecule has 2 amide bonds. The van der Waals surface area contributed by atoms with Crippen LogP contribution < -0.4 is 5.32 Å². The fraction of sp³-hybridized carbons (Fsp3) is 0.424. The van der Waals surface area contributed by atoms with Gasteiger partial charge in [0.25, 0.3) is 5.91 Å². The second kappa shape index (κ2) is 12.7. The second-order valence-corrected chi connectivity index (χ2v) is 13.7. The van der Waals surface area contributed by atoms with Crippen LogP contribution in [0.4, 0.5) is 13.2 Å². The highest BCUT2D eigenvalue weighted by molar-refractivity contribution is 7.14. The summed E-state index contributed by atoms with van der Waals surface area (Å²) in [5.41, 5.74) is 2.87. The molecule has 238 valence electrons. The first-order chi connectivity index (χ1) is 21.2. The third-order valence-electron chi connectivity index (χ3n) is 8.26. The maximum atomic E-state index is 13.4. The molecule has 1 aromatic carbocycles. The zero-order valence-electron chi connectivity index (χ0n) is 25.2. The molecule has 1 saturated heterocycles. The Kier molecular flexibility index (Phi) is 9.16. The number of carboxylic acid groups (broad SMARTS) is 1. The summed E-state index contributed by atoms with van der Waals surface area (Å²) in [7, 11) is 0. The first kappa shape index (κ1) is 32.3. The quantitative estimate of drug-likeness (QED) is 0.306. The number of amides is 2. The van der Waals surface area contributed by atoms with Crippen molar-refractivity contribution in [3.05, 3.63) is 75.7 Å². The van der Waals surface area contributed by atoms with E-state index in [1.54, 1.807) is 36.7 Å². The molecular formula is C33H35F3N4O4S. The van der Waals surface area contributed by atoms with Crippen molar-refractivity contribution in [1.29, 1.82) is 0 Å². The Morgan fingerprint density at radius 1 is 1.02 bits per heavy atom. The van der Waals surface area contributed by atoms with Gasteiger partial charge in [0.15, 0.2) is 5.82 Å². The molecule has 1 aliphatic heterocycles. The molecule has 2 atom stereocenters. The molecule has 8 nitrogen and oxygen atoms in total. The van der Waals surface area contributed by atoms with Crippen LogP contribution in [-0.2, 0) is 21.4 Å². The summed E-state index contributed by atoms with van der Waals surface area (Å²) in [6.07, 6.45) is 1.18. The molecule has 2 N–H and O–H groups in total. The summed E-state index contributed by atoms with van der Waals surface area (Å²) >= 11 is 1.37. The largest absolute Gasteiger partial charge is 0.481 e. The predicted octanol–water partition coefficient (Wildman–Crippen LogP) is 6.13. The summed E-state index contributed by atoms with van der Waals surface area (Å²) in [6.45, 7) is 6.37. The van der Waals surface area contributed by atoms with Crippen molar-refractivity contribution in [1.82, 2.24) is 20.2 Å². The maximum Gasteiger partial charge on any atom is 0.392 e. The van der Waals surface area contributed by atoms with Gasteiger partial charge in [-0.3, -0.25) is 14.4 Å². The van der Waals surface area contributed by atoms with Gasteiger partial charge < -0.3 is 15.3 Å². The van der Waals surface area contributed by atoms with Crippen molar-refractivity contribution < 1.29 is 32.7 Å². The summed E-state index contributed by atoms with van der Waals surface area (Å²) in [4.78, 5) is 49.7. The number of likely N-dealkylation sites (tertiary alicyclic amines) is 1. The van der Waals surface area contributed by atoms with Gasteiger partial charge in [0.1, 0.15) is 6.04 Å². The van der Waals surface area contributed by atoms with Gasteiger partial charge in [-0.25, -0.2) is 9.97 Å². The molecule has 1 aliphatic carbocycles. The number of thiophene rings is 1. The average molecular weight is 641 g/mol. The number of alkyl halides is 3. The van der Waals surface area contributed by atoms with Crippen LogP contribution in [0.2, 0.25) is 0 Å². The SMILES string of the molecule is CC(C)(C)c1ccc(C(=O)N[C@@H](Cc2ccc(-c3ncc(C4=CCC(C(F)(F)F)CC4)cn3)cc2)C(=O)N2CC(C(=O)O)C2)s1. The lowest BCUT2D eigenvalue weighted by molar-refractivity contribution is -0.175. The van der Waals surface area contributed by atoms with Crippen molar-refractivity contribution in [2.45, 2.75) is 64.1 Å². The van der Waals surface area contributed by atoms with Crippen molar-refractivity contribution in [3.8, 4) is 11.4 Å². The van der Waals surface area contributed by atoms with Crippen LogP contribution in [0.5, 0.6) is 0 Å². The number of carbonyl (C=O) groups excluding carboxylic acids is 2. The van der Waals surface area contributed by atoms with E-state index in [4.69, 9.17) is 0 Å². The lowest BCUT2D eigenvalue weighted by Crippen LogP contribution is -2.59. The van der Waals surface area contributed by atoms with Gasteiger partial charge in [0.2, 0.25) is 5.91 Å². The molecule has 12 heteroatoms. The lowest BCUT2D eigenvalue weighted by atomic mass is 9.87. The van der Waals surface area contributed by atoms with E-state index in [1.165, 1.54) is 16.2 Å². The number of hydrogen-bond acceptors (Lipinski definition) is 6. The Bertz CT molecular complexity index is 1590. The normalized spacial score (nSPS) is 18.1. The number of benzene rings is 1. The molecule has 5 rings (SSSR count). The van der Waals surface area contributed by atoms with Crippen LogP contribution in [0, 0.1) is 11.8 Å². The average Bonchev–Trinajstić information content (AvgIpc) is 3.48. The van der Waals surface area contributed by atoms with Gasteiger partial charge in [-0.15, -0.1) is 11.3 Å². The van der Waals surface area contributed by atoms with E-state index in [0.29, 0.717) is 28.2 Å². The lowest BCUT2D eigenvalue weighted by Gasteiger charge is -2.38. The minimum absolute atomic E-state index is 0.0464. The Morgan fingerprint density at radius 2 is 1.69 bits per heavy atom. The van der Waals surface area contributed by atoms with Gasteiger partial charge in [0.05, 0.1) is 16.7 Å². The van der Waals surface area contributed by atoms with E-state index in [9.17, 15) is 32.7 Å². The molecule has 3 heterocycles. The van der Waals surface area contributed by atoms with E-state index >= 15 is 0 Å². The Morgan fingerprint density at radius 3 is 2.22 bits per heavy atom. The number of halogens is 3. The highest BCUT2D eigenvalue weighted by atomic mass is 32.1. The standard InChI is InChI=1S/C33H35F3N4O4S/c1-32(2,3)27-13-12-26(45-27)29(41)39-25(30(42)40-17-23(18-40)31(43)44)14-19-4-6-21(7-5-19)28-37-15-22(16-38-28)20-8-10-24(11-9-20)33(34,35)36/h4-8,12-13,15-16,23-25H,9-11,14,17-18H2,1-3H3,(H,39,41)(H,43,44)/t24?,25-/m0/s1. The van der Waals surface area contributed by atoms with Crippen molar-refractivity contribution >= 4 is 34.7 Å². The molecule has 0 spiro atoms. The molecule has 3 aromatic rings. The monoisotopic (exact) mass is 640 g/mol. The van der Waals surface area contributed by atoms with Crippen molar-refractivity contribution in [3.63, 3.8) is 0 Å². The highest BCUT2D eigenvalue weighted by Gasteiger charge is 2.40. The van der Waals surface area contributed by atoms with Crippen molar-refractivity contribution in [2.75, 3.05) is 13.1 Å². The van der Waals surface area contributed by atoms with Gasteiger partial charge >= 0.3 is 12.1 Å². The molecule has 1 fully saturated rings. The fourth-order valence-corrected chi connectivity index (χ4v) is 6.36. The molecular weight excluding hydrogens is 605 g/mol. The molecule has 0 saturated carbocycles. The van der Waals surface area contributed by atoms with E-state index in [1.807, 2.05) is 18.2 Å². The van der Waals surface area contributed by atoms with E-state index in [0.717, 1.165) is 16.0 Å². The molecule has 0 bridgehead atoms. The predicted molar refractivity (Wildman–Crippen MR) is 165 cm³/mol.